The molecule has 17 heavy (non-hydrogen) atoms. The fourth-order valence-corrected chi connectivity index (χ4v) is 3.23. The van der Waals surface area contributed by atoms with Crippen LogP contribution >= 0.6 is 15.9 Å². The zero-order chi connectivity index (χ0) is 12.5. The summed E-state index contributed by atoms with van der Waals surface area (Å²) in [5.74, 6) is 0. The molecular weight excluding hydrogens is 304 g/mol. The molecule has 0 fully saturated rings. The molecule has 3 N–H and O–H groups in total. The zero-order valence-electron chi connectivity index (χ0n) is 9.06. The van der Waals surface area contributed by atoms with E-state index in [0.29, 0.717) is 10.2 Å². The number of hydrogen-bond acceptors (Lipinski definition) is 3. The standard InChI is InChI=1S/C11H13BrN2O2S/c12-10-6-5-9(7-11(10)13)17(15,16)14-8-3-1-2-4-8/h1-2,5-8,14H,3-4,13H2. The summed E-state index contributed by atoms with van der Waals surface area (Å²) in [5, 5.41) is 0. The van der Waals surface area contributed by atoms with Gasteiger partial charge in [-0.05, 0) is 47.0 Å². The van der Waals surface area contributed by atoms with Crippen LogP contribution in [0.4, 0.5) is 5.69 Å². The smallest absolute Gasteiger partial charge is 0.240 e. The molecule has 0 aliphatic heterocycles. The Labute approximate surface area is 109 Å². The number of nitrogen functional groups attached to an aromatic ring is 1. The molecule has 0 spiro atoms. The van der Waals surface area contributed by atoms with Crippen LogP contribution in [-0.2, 0) is 10.0 Å². The number of rotatable bonds is 3. The molecule has 4 nitrogen and oxygen atoms in total. The van der Waals surface area contributed by atoms with Gasteiger partial charge in [-0.1, -0.05) is 12.2 Å². The van der Waals surface area contributed by atoms with Gasteiger partial charge in [0.15, 0.2) is 0 Å². The maximum atomic E-state index is 12.0. The van der Waals surface area contributed by atoms with Gasteiger partial charge >= 0.3 is 0 Å². The van der Waals surface area contributed by atoms with Gasteiger partial charge in [0.05, 0.1) is 4.90 Å². The van der Waals surface area contributed by atoms with E-state index in [1.165, 1.54) is 12.1 Å². The van der Waals surface area contributed by atoms with Crippen molar-refractivity contribution in [3.8, 4) is 0 Å². The second-order valence-corrected chi connectivity index (χ2v) is 6.51. The molecule has 0 bridgehead atoms. The molecular formula is C11H13BrN2O2S. The van der Waals surface area contributed by atoms with Crippen LogP contribution < -0.4 is 10.5 Å². The number of nitrogens with one attached hydrogen (secondary N) is 1. The van der Waals surface area contributed by atoms with Crippen molar-refractivity contribution in [1.82, 2.24) is 4.72 Å². The van der Waals surface area contributed by atoms with Crippen LogP contribution in [0.1, 0.15) is 12.8 Å². The first-order valence-electron chi connectivity index (χ1n) is 5.21. The Hall–Kier alpha value is -0.850. The van der Waals surface area contributed by atoms with E-state index in [1.54, 1.807) is 6.07 Å². The lowest BCUT2D eigenvalue weighted by Crippen LogP contribution is -2.32. The van der Waals surface area contributed by atoms with Gasteiger partial charge in [0.25, 0.3) is 0 Å². The summed E-state index contributed by atoms with van der Waals surface area (Å²) >= 11 is 3.23. The first-order valence-corrected chi connectivity index (χ1v) is 7.49. The summed E-state index contributed by atoms with van der Waals surface area (Å²) in [6, 6.07) is 4.58. The van der Waals surface area contributed by atoms with Crippen LogP contribution in [-0.4, -0.2) is 14.5 Å². The molecule has 92 valence electrons. The van der Waals surface area contributed by atoms with Gasteiger partial charge in [-0.15, -0.1) is 0 Å². The molecule has 0 saturated carbocycles. The van der Waals surface area contributed by atoms with E-state index in [2.05, 4.69) is 20.7 Å². The molecule has 6 heteroatoms. The summed E-state index contributed by atoms with van der Waals surface area (Å²) in [6.07, 6.45) is 5.43. The largest absolute Gasteiger partial charge is 0.398 e. The van der Waals surface area contributed by atoms with Crippen molar-refractivity contribution in [2.45, 2.75) is 23.8 Å². The first-order chi connectivity index (χ1) is 7.99. The lowest BCUT2D eigenvalue weighted by Gasteiger charge is -2.13. The van der Waals surface area contributed by atoms with E-state index < -0.39 is 10.0 Å². The minimum Gasteiger partial charge on any atom is -0.398 e. The van der Waals surface area contributed by atoms with E-state index in [4.69, 9.17) is 5.73 Å². The predicted octanol–water partition coefficient (Wildman–Crippen LogP) is 2.03. The van der Waals surface area contributed by atoms with Crippen molar-refractivity contribution in [2.24, 2.45) is 0 Å². The Morgan fingerprint density at radius 1 is 1.29 bits per heavy atom. The van der Waals surface area contributed by atoms with E-state index in [0.717, 1.165) is 12.8 Å². The van der Waals surface area contributed by atoms with Crippen molar-refractivity contribution in [3.63, 3.8) is 0 Å². The molecule has 2 rings (SSSR count). The minimum absolute atomic E-state index is 0.0372. The molecule has 1 aromatic carbocycles. The quantitative estimate of drug-likeness (QED) is 0.662. The van der Waals surface area contributed by atoms with Crippen molar-refractivity contribution < 1.29 is 8.42 Å². The number of benzene rings is 1. The van der Waals surface area contributed by atoms with Crippen LogP contribution in [0.2, 0.25) is 0 Å². The number of sulfonamides is 1. The molecule has 1 aromatic rings. The van der Waals surface area contributed by atoms with Crippen molar-refractivity contribution in [3.05, 3.63) is 34.8 Å². The number of halogens is 1. The molecule has 1 aliphatic rings. The highest BCUT2D eigenvalue weighted by atomic mass is 79.9. The Morgan fingerprint density at radius 2 is 1.94 bits per heavy atom. The molecule has 0 heterocycles. The fourth-order valence-electron chi connectivity index (χ4n) is 1.69. The second kappa shape index (κ2) is 4.80. The van der Waals surface area contributed by atoms with Gasteiger partial charge in [-0.25, -0.2) is 13.1 Å². The van der Waals surface area contributed by atoms with Gasteiger partial charge in [-0.3, -0.25) is 0 Å². The van der Waals surface area contributed by atoms with E-state index in [-0.39, 0.29) is 10.9 Å². The highest BCUT2D eigenvalue weighted by molar-refractivity contribution is 9.10. The average molecular weight is 317 g/mol. The Bertz CT molecular complexity index is 547. The average Bonchev–Trinajstić information content (AvgIpc) is 2.73. The number of nitrogens with two attached hydrogens (primary N) is 1. The highest BCUT2D eigenvalue weighted by Crippen LogP contribution is 2.23. The van der Waals surface area contributed by atoms with Gasteiger partial charge in [0.1, 0.15) is 0 Å². The maximum absolute atomic E-state index is 12.0. The van der Waals surface area contributed by atoms with Gasteiger partial charge < -0.3 is 5.73 Å². The van der Waals surface area contributed by atoms with Crippen LogP contribution in [0.3, 0.4) is 0 Å². The Balaban J connectivity index is 2.22. The third-order valence-corrected chi connectivity index (χ3v) is 4.85. The minimum atomic E-state index is -3.47. The topological polar surface area (TPSA) is 72.2 Å². The number of hydrogen-bond donors (Lipinski definition) is 2. The molecule has 1 aliphatic carbocycles. The van der Waals surface area contributed by atoms with E-state index in [9.17, 15) is 8.42 Å². The van der Waals surface area contributed by atoms with Crippen molar-refractivity contribution >= 4 is 31.6 Å². The number of anilines is 1. The molecule has 0 radical (unpaired) electrons. The lowest BCUT2D eigenvalue weighted by molar-refractivity contribution is 0.557. The van der Waals surface area contributed by atoms with Gasteiger partial charge in [0.2, 0.25) is 10.0 Å². The predicted molar refractivity (Wildman–Crippen MR) is 71.0 cm³/mol. The third-order valence-electron chi connectivity index (χ3n) is 2.61. The van der Waals surface area contributed by atoms with Crippen LogP contribution in [0, 0.1) is 0 Å². The summed E-state index contributed by atoms with van der Waals surface area (Å²) in [4.78, 5) is 0.199. The fraction of sp³-hybridized carbons (Fsp3) is 0.273. The first kappa shape index (κ1) is 12.6. The summed E-state index contributed by atoms with van der Waals surface area (Å²) in [6.45, 7) is 0. The van der Waals surface area contributed by atoms with Crippen LogP contribution in [0.25, 0.3) is 0 Å². The molecule has 0 atom stereocenters. The third kappa shape index (κ3) is 2.88. The van der Waals surface area contributed by atoms with Gasteiger partial charge in [0, 0.05) is 16.2 Å². The zero-order valence-corrected chi connectivity index (χ0v) is 11.5. The van der Waals surface area contributed by atoms with E-state index >= 15 is 0 Å². The Morgan fingerprint density at radius 3 is 2.53 bits per heavy atom. The van der Waals surface area contributed by atoms with E-state index in [1.807, 2.05) is 12.2 Å². The summed E-state index contributed by atoms with van der Waals surface area (Å²) < 4.78 is 27.4. The van der Waals surface area contributed by atoms with Crippen LogP contribution in [0.5, 0.6) is 0 Å². The summed E-state index contributed by atoms with van der Waals surface area (Å²) in [5.41, 5.74) is 6.09. The summed E-state index contributed by atoms with van der Waals surface area (Å²) in [7, 11) is -3.47. The molecule has 0 unspecified atom stereocenters. The second-order valence-electron chi connectivity index (χ2n) is 3.94. The molecule has 0 saturated heterocycles. The van der Waals surface area contributed by atoms with Crippen molar-refractivity contribution in [2.75, 3.05) is 5.73 Å². The van der Waals surface area contributed by atoms with Crippen LogP contribution in [0.15, 0.2) is 39.7 Å². The SMILES string of the molecule is Nc1cc(S(=O)(=O)NC2CC=CC2)ccc1Br. The normalized spacial score (nSPS) is 16.5. The molecule has 0 amide bonds. The van der Waals surface area contributed by atoms with Crippen molar-refractivity contribution in [1.29, 1.82) is 0 Å². The highest BCUT2D eigenvalue weighted by Gasteiger charge is 2.20. The van der Waals surface area contributed by atoms with Gasteiger partial charge in [-0.2, -0.15) is 0 Å². The Kier molecular flexibility index (Phi) is 3.56. The monoisotopic (exact) mass is 316 g/mol. The molecule has 0 aromatic heterocycles. The lowest BCUT2D eigenvalue weighted by atomic mass is 10.3. The maximum Gasteiger partial charge on any atom is 0.240 e.